The van der Waals surface area contributed by atoms with Gasteiger partial charge in [-0.1, -0.05) is 6.07 Å². The lowest BCUT2D eigenvalue weighted by molar-refractivity contribution is -0.144. The van der Waals surface area contributed by atoms with Gasteiger partial charge in [0.05, 0.1) is 0 Å². The Morgan fingerprint density at radius 2 is 1.94 bits per heavy atom. The molecule has 3 aromatic rings. The molecule has 0 saturated heterocycles. The van der Waals surface area contributed by atoms with Crippen molar-refractivity contribution in [3.63, 3.8) is 0 Å². The normalized spacial score (nSPS) is 11.3. The molecule has 0 bridgehead atoms. The number of carbonyl (C=O) groups excluding carboxylic acids is 1. The molecule has 3 aromatic heterocycles. The van der Waals surface area contributed by atoms with Crippen molar-refractivity contribution in [3.05, 3.63) is 69.1 Å². The maximum atomic E-state index is 13.0. The van der Waals surface area contributed by atoms with Crippen LogP contribution in [0, 0.1) is 0 Å². The van der Waals surface area contributed by atoms with E-state index in [1.807, 2.05) is 0 Å². The molecular formula is C18H12ClF3N4O5. The lowest BCUT2D eigenvalue weighted by Crippen LogP contribution is -2.41. The molecule has 0 saturated carbocycles. The number of aromatic nitrogens is 4. The molecule has 31 heavy (non-hydrogen) atoms. The second kappa shape index (κ2) is 8.60. The number of halogens is 4. The summed E-state index contributed by atoms with van der Waals surface area (Å²) in [5.41, 5.74) is -3.85. The summed E-state index contributed by atoms with van der Waals surface area (Å²) < 4.78 is 50.5. The molecule has 9 nitrogen and oxygen atoms in total. The standard InChI is InChI=1S/C18H12ClF3N4O5/c1-25-11(18(20,21)22)8-15(28)26(17(25)29)13-5-2-6-14(24-13)31-10-4-3-7-23-16(10)30-9-12(19)27/h2-8H,9H2,1H3. The zero-order chi connectivity index (χ0) is 22.8. The van der Waals surface area contributed by atoms with E-state index in [1.54, 1.807) is 0 Å². The second-order valence-electron chi connectivity index (χ2n) is 5.93. The topological polar surface area (TPSA) is 105 Å². The number of rotatable bonds is 6. The van der Waals surface area contributed by atoms with E-state index < -0.39 is 35.0 Å². The van der Waals surface area contributed by atoms with Gasteiger partial charge in [-0.2, -0.15) is 18.2 Å². The van der Waals surface area contributed by atoms with Gasteiger partial charge in [-0.15, -0.1) is 0 Å². The Hall–Kier alpha value is -3.67. The summed E-state index contributed by atoms with van der Waals surface area (Å²) in [5.74, 6) is -0.426. The molecule has 0 amide bonds. The zero-order valence-corrected chi connectivity index (χ0v) is 16.3. The predicted molar refractivity (Wildman–Crippen MR) is 101 cm³/mol. The average molecular weight is 457 g/mol. The highest BCUT2D eigenvalue weighted by molar-refractivity contribution is 6.63. The minimum Gasteiger partial charge on any atom is -0.466 e. The summed E-state index contributed by atoms with van der Waals surface area (Å²) in [6.45, 7) is -0.473. The van der Waals surface area contributed by atoms with Crippen molar-refractivity contribution < 1.29 is 27.4 Å². The van der Waals surface area contributed by atoms with Crippen LogP contribution in [0.3, 0.4) is 0 Å². The van der Waals surface area contributed by atoms with E-state index in [9.17, 15) is 27.6 Å². The van der Waals surface area contributed by atoms with E-state index in [1.165, 1.54) is 36.5 Å². The van der Waals surface area contributed by atoms with Crippen molar-refractivity contribution >= 4 is 16.8 Å². The van der Waals surface area contributed by atoms with Gasteiger partial charge in [-0.05, 0) is 29.8 Å². The zero-order valence-electron chi connectivity index (χ0n) is 15.6. The number of pyridine rings is 2. The van der Waals surface area contributed by atoms with Crippen LogP contribution in [-0.2, 0) is 18.0 Å². The number of hydrogen-bond donors (Lipinski definition) is 0. The fraction of sp³-hybridized carbons (Fsp3) is 0.167. The van der Waals surface area contributed by atoms with Gasteiger partial charge in [0.2, 0.25) is 5.88 Å². The van der Waals surface area contributed by atoms with Crippen LogP contribution in [0.2, 0.25) is 0 Å². The summed E-state index contributed by atoms with van der Waals surface area (Å²) in [7, 11) is 0.888. The van der Waals surface area contributed by atoms with Gasteiger partial charge in [-0.3, -0.25) is 14.2 Å². The Balaban J connectivity index is 2.00. The Bertz CT molecular complexity index is 1260. The molecule has 3 heterocycles. The van der Waals surface area contributed by atoms with Gasteiger partial charge >= 0.3 is 11.9 Å². The molecule has 0 unspecified atom stereocenters. The highest BCUT2D eigenvalue weighted by Gasteiger charge is 2.35. The van der Waals surface area contributed by atoms with Crippen molar-refractivity contribution in [2.24, 2.45) is 7.05 Å². The van der Waals surface area contributed by atoms with Gasteiger partial charge < -0.3 is 9.47 Å². The third-order valence-corrected chi connectivity index (χ3v) is 3.93. The van der Waals surface area contributed by atoms with Crippen LogP contribution in [0.15, 0.2) is 52.2 Å². The van der Waals surface area contributed by atoms with Crippen molar-refractivity contribution in [2.45, 2.75) is 6.18 Å². The average Bonchev–Trinajstić information content (AvgIpc) is 2.69. The molecular weight excluding hydrogens is 445 g/mol. The predicted octanol–water partition coefficient (Wildman–Crippen LogP) is 2.28. The summed E-state index contributed by atoms with van der Waals surface area (Å²) in [5, 5.41) is -0.769. The van der Waals surface area contributed by atoms with Gasteiger partial charge in [0, 0.05) is 25.4 Å². The molecule has 0 aromatic carbocycles. The minimum atomic E-state index is -4.88. The fourth-order valence-corrected chi connectivity index (χ4v) is 2.55. The molecule has 162 valence electrons. The molecule has 0 aliphatic rings. The van der Waals surface area contributed by atoms with E-state index in [4.69, 9.17) is 21.1 Å². The maximum absolute atomic E-state index is 13.0. The molecule has 0 N–H and O–H groups in total. The van der Waals surface area contributed by atoms with E-state index >= 15 is 0 Å². The van der Waals surface area contributed by atoms with Crippen molar-refractivity contribution in [2.75, 3.05) is 6.61 Å². The van der Waals surface area contributed by atoms with Crippen molar-refractivity contribution in [1.82, 2.24) is 19.1 Å². The summed E-state index contributed by atoms with van der Waals surface area (Å²) >= 11 is 5.23. The summed E-state index contributed by atoms with van der Waals surface area (Å²) in [6.07, 6.45) is -3.51. The van der Waals surface area contributed by atoms with Crippen LogP contribution < -0.4 is 20.7 Å². The third-order valence-electron chi connectivity index (χ3n) is 3.82. The first kappa shape index (κ1) is 22.0. The highest BCUT2D eigenvalue weighted by atomic mass is 35.5. The summed E-state index contributed by atoms with van der Waals surface area (Å²) in [4.78, 5) is 43.4. The minimum absolute atomic E-state index is 0.0396. The van der Waals surface area contributed by atoms with E-state index in [0.717, 1.165) is 7.05 Å². The van der Waals surface area contributed by atoms with Crippen molar-refractivity contribution in [1.29, 1.82) is 0 Å². The second-order valence-corrected chi connectivity index (χ2v) is 6.35. The number of alkyl halides is 3. The van der Waals surface area contributed by atoms with Crippen LogP contribution in [0.1, 0.15) is 5.69 Å². The largest absolute Gasteiger partial charge is 0.466 e. The number of carbonyl (C=O) groups is 1. The quantitative estimate of drug-likeness (QED) is 0.524. The molecule has 0 atom stereocenters. The van der Waals surface area contributed by atoms with Crippen LogP contribution in [0.4, 0.5) is 13.2 Å². The lowest BCUT2D eigenvalue weighted by Gasteiger charge is -2.14. The van der Waals surface area contributed by atoms with Crippen LogP contribution in [0.25, 0.3) is 5.82 Å². The number of nitrogens with zero attached hydrogens (tertiary/aromatic N) is 4. The summed E-state index contributed by atoms with van der Waals surface area (Å²) in [6, 6.07) is 7.24. The lowest BCUT2D eigenvalue weighted by atomic mass is 10.3. The Labute approximate surface area is 176 Å². The van der Waals surface area contributed by atoms with E-state index in [0.29, 0.717) is 15.2 Å². The van der Waals surface area contributed by atoms with E-state index in [-0.39, 0.29) is 23.3 Å². The van der Waals surface area contributed by atoms with Gasteiger partial charge in [0.15, 0.2) is 12.4 Å². The first-order valence-corrected chi connectivity index (χ1v) is 8.77. The molecule has 13 heteroatoms. The molecule has 0 fully saturated rings. The van der Waals surface area contributed by atoms with E-state index in [2.05, 4.69) is 9.97 Å². The molecule has 3 rings (SSSR count). The molecule has 0 aliphatic heterocycles. The Kier molecular flexibility index (Phi) is 6.11. The number of hydrogen-bond acceptors (Lipinski definition) is 7. The Morgan fingerprint density at radius 1 is 1.19 bits per heavy atom. The molecule has 0 radical (unpaired) electrons. The first-order chi connectivity index (χ1) is 14.6. The van der Waals surface area contributed by atoms with Gasteiger partial charge in [0.25, 0.3) is 16.7 Å². The fourth-order valence-electron chi connectivity index (χ4n) is 2.49. The Morgan fingerprint density at radius 3 is 2.61 bits per heavy atom. The third kappa shape index (κ3) is 4.91. The van der Waals surface area contributed by atoms with Crippen LogP contribution >= 0.6 is 11.6 Å². The van der Waals surface area contributed by atoms with Crippen LogP contribution in [0.5, 0.6) is 17.5 Å². The van der Waals surface area contributed by atoms with Gasteiger partial charge in [0.1, 0.15) is 11.5 Å². The molecule has 0 aliphatic carbocycles. The van der Waals surface area contributed by atoms with Gasteiger partial charge in [-0.25, -0.2) is 14.3 Å². The monoisotopic (exact) mass is 456 g/mol. The van der Waals surface area contributed by atoms with Crippen LogP contribution in [-0.4, -0.2) is 31.0 Å². The smallest absolute Gasteiger partial charge is 0.431 e. The van der Waals surface area contributed by atoms with Crippen molar-refractivity contribution in [3.8, 4) is 23.3 Å². The molecule has 0 spiro atoms. The first-order valence-electron chi connectivity index (χ1n) is 8.39. The SMILES string of the molecule is Cn1c(C(F)(F)F)cc(=O)n(-c2cccc(Oc3cccnc3OCC(=O)Cl)n2)c1=O. The maximum Gasteiger partial charge on any atom is 0.431 e. The highest BCUT2D eigenvalue weighted by Crippen LogP contribution is 2.29. The number of ether oxygens (including phenoxy) is 2.